The van der Waals surface area contributed by atoms with Crippen LogP contribution in [0.3, 0.4) is 0 Å². The van der Waals surface area contributed by atoms with Crippen LogP contribution in [-0.4, -0.2) is 31.7 Å². The van der Waals surface area contributed by atoms with Gasteiger partial charge in [0.2, 0.25) is 0 Å². The van der Waals surface area contributed by atoms with E-state index in [1.807, 2.05) is 12.1 Å². The Balaban J connectivity index is 2.13. The van der Waals surface area contributed by atoms with Crippen molar-refractivity contribution < 1.29 is 17.9 Å². The van der Waals surface area contributed by atoms with E-state index in [1.54, 1.807) is 11.8 Å². The number of hydrogen-bond acceptors (Lipinski definition) is 3. The summed E-state index contributed by atoms with van der Waals surface area (Å²) in [5.41, 5.74) is 1.23. The highest BCUT2D eigenvalue weighted by Crippen LogP contribution is 2.19. The molecule has 0 aliphatic carbocycles. The zero-order valence-corrected chi connectivity index (χ0v) is 12.3. The van der Waals surface area contributed by atoms with Crippen LogP contribution in [0.25, 0.3) is 0 Å². The molecule has 20 heavy (non-hydrogen) atoms. The molecular formula is C14H20F3NOS. The summed E-state index contributed by atoms with van der Waals surface area (Å²) in [6.07, 6.45) is -3.62. The van der Waals surface area contributed by atoms with Crippen molar-refractivity contribution in [3.63, 3.8) is 0 Å². The summed E-state index contributed by atoms with van der Waals surface area (Å²) in [5.74, 6) is 0.754. The van der Waals surface area contributed by atoms with Gasteiger partial charge in [-0.2, -0.15) is 13.2 Å². The molecule has 0 amide bonds. The molecule has 0 fully saturated rings. The van der Waals surface area contributed by atoms with Gasteiger partial charge in [0, 0.05) is 23.8 Å². The van der Waals surface area contributed by atoms with Gasteiger partial charge in [-0.25, -0.2) is 0 Å². The van der Waals surface area contributed by atoms with Gasteiger partial charge in [0.05, 0.1) is 0 Å². The number of halogens is 3. The van der Waals surface area contributed by atoms with Crippen molar-refractivity contribution in [2.45, 2.75) is 31.0 Å². The van der Waals surface area contributed by atoms with E-state index in [9.17, 15) is 13.2 Å². The standard InChI is InChI=1S/C14H20F3NOS/c1-2-18-10-12-4-6-13(7-5-12)20-9-3-8-19-11-14(15,16)17/h4-7,18H,2-3,8-11H2,1H3. The minimum absolute atomic E-state index is 0.144. The van der Waals surface area contributed by atoms with Crippen LogP contribution >= 0.6 is 11.8 Å². The van der Waals surface area contributed by atoms with Gasteiger partial charge in [0.15, 0.2) is 0 Å². The lowest BCUT2D eigenvalue weighted by atomic mass is 10.2. The maximum atomic E-state index is 11.8. The highest BCUT2D eigenvalue weighted by atomic mass is 32.2. The Bertz CT molecular complexity index is 368. The summed E-state index contributed by atoms with van der Waals surface area (Å²) < 4.78 is 40.0. The van der Waals surface area contributed by atoms with Gasteiger partial charge in [-0.15, -0.1) is 11.8 Å². The Morgan fingerprint density at radius 3 is 2.50 bits per heavy atom. The molecule has 0 spiro atoms. The molecule has 0 aromatic heterocycles. The Kier molecular flexibility index (Phi) is 8.02. The number of alkyl halides is 3. The van der Waals surface area contributed by atoms with E-state index in [0.717, 1.165) is 23.7 Å². The lowest BCUT2D eigenvalue weighted by Gasteiger charge is -2.07. The number of thioether (sulfide) groups is 1. The van der Waals surface area contributed by atoms with Gasteiger partial charge >= 0.3 is 6.18 Å². The van der Waals surface area contributed by atoms with Crippen LogP contribution in [0.2, 0.25) is 0 Å². The third-order valence-electron chi connectivity index (χ3n) is 2.47. The fourth-order valence-electron chi connectivity index (χ4n) is 1.51. The highest BCUT2D eigenvalue weighted by molar-refractivity contribution is 7.99. The Morgan fingerprint density at radius 1 is 1.20 bits per heavy atom. The second-order valence-electron chi connectivity index (χ2n) is 4.29. The normalized spacial score (nSPS) is 11.8. The SMILES string of the molecule is CCNCc1ccc(SCCCOCC(F)(F)F)cc1. The Morgan fingerprint density at radius 2 is 1.90 bits per heavy atom. The summed E-state index contributed by atoms with van der Waals surface area (Å²) in [5, 5.41) is 3.25. The predicted octanol–water partition coefficient (Wildman–Crippen LogP) is 3.86. The van der Waals surface area contributed by atoms with Crippen LogP contribution in [0.15, 0.2) is 29.2 Å². The van der Waals surface area contributed by atoms with Crippen LogP contribution in [0, 0.1) is 0 Å². The third-order valence-corrected chi connectivity index (χ3v) is 3.57. The summed E-state index contributed by atoms with van der Waals surface area (Å²) in [7, 11) is 0. The first-order valence-electron chi connectivity index (χ1n) is 6.58. The average Bonchev–Trinajstić information content (AvgIpc) is 2.40. The second-order valence-corrected chi connectivity index (χ2v) is 5.46. The molecule has 0 saturated carbocycles. The monoisotopic (exact) mass is 307 g/mol. The second kappa shape index (κ2) is 9.26. The third kappa shape index (κ3) is 8.45. The van der Waals surface area contributed by atoms with Crippen LogP contribution in [0.1, 0.15) is 18.9 Å². The van der Waals surface area contributed by atoms with Gasteiger partial charge in [-0.05, 0) is 30.7 Å². The van der Waals surface area contributed by atoms with Crippen molar-refractivity contribution in [3.8, 4) is 0 Å². The predicted molar refractivity (Wildman–Crippen MR) is 76.0 cm³/mol. The molecular weight excluding hydrogens is 287 g/mol. The summed E-state index contributed by atoms with van der Waals surface area (Å²) in [6, 6.07) is 8.19. The Hall–Kier alpha value is -0.720. The highest BCUT2D eigenvalue weighted by Gasteiger charge is 2.27. The molecule has 0 saturated heterocycles. The molecule has 2 nitrogen and oxygen atoms in total. The van der Waals surface area contributed by atoms with Gasteiger partial charge < -0.3 is 10.1 Å². The molecule has 0 heterocycles. The lowest BCUT2D eigenvalue weighted by molar-refractivity contribution is -0.173. The molecule has 1 N–H and O–H groups in total. The van der Waals surface area contributed by atoms with E-state index >= 15 is 0 Å². The van der Waals surface area contributed by atoms with Crippen molar-refractivity contribution in [2.24, 2.45) is 0 Å². The molecule has 6 heteroatoms. The molecule has 0 atom stereocenters. The molecule has 0 radical (unpaired) electrons. The zero-order valence-electron chi connectivity index (χ0n) is 11.5. The van der Waals surface area contributed by atoms with Crippen LogP contribution in [0.5, 0.6) is 0 Å². The first-order valence-corrected chi connectivity index (χ1v) is 7.57. The van der Waals surface area contributed by atoms with Gasteiger partial charge in [0.25, 0.3) is 0 Å². The summed E-state index contributed by atoms with van der Waals surface area (Å²) >= 11 is 1.63. The minimum atomic E-state index is -4.23. The lowest BCUT2D eigenvalue weighted by Crippen LogP contribution is -2.17. The molecule has 0 aliphatic heterocycles. The van der Waals surface area contributed by atoms with E-state index in [-0.39, 0.29) is 6.61 Å². The van der Waals surface area contributed by atoms with E-state index in [2.05, 4.69) is 29.1 Å². The maximum absolute atomic E-state index is 11.8. The van der Waals surface area contributed by atoms with Crippen LogP contribution in [-0.2, 0) is 11.3 Å². The van der Waals surface area contributed by atoms with Crippen molar-refractivity contribution in [1.82, 2.24) is 5.32 Å². The van der Waals surface area contributed by atoms with Crippen molar-refractivity contribution in [3.05, 3.63) is 29.8 Å². The minimum Gasteiger partial charge on any atom is -0.372 e. The maximum Gasteiger partial charge on any atom is 0.411 e. The zero-order chi connectivity index (χ0) is 14.8. The molecule has 1 rings (SSSR count). The molecule has 114 valence electrons. The molecule has 1 aromatic carbocycles. The number of rotatable bonds is 9. The number of benzene rings is 1. The number of hydrogen-bond donors (Lipinski definition) is 1. The topological polar surface area (TPSA) is 21.3 Å². The smallest absolute Gasteiger partial charge is 0.372 e. The molecule has 0 aliphatic rings. The molecule has 1 aromatic rings. The first-order chi connectivity index (χ1) is 9.51. The Labute approximate surface area is 122 Å². The first kappa shape index (κ1) is 17.3. The van der Waals surface area contributed by atoms with E-state index in [1.165, 1.54) is 5.56 Å². The summed E-state index contributed by atoms with van der Waals surface area (Å²) in [4.78, 5) is 1.13. The van der Waals surface area contributed by atoms with Crippen molar-refractivity contribution in [2.75, 3.05) is 25.5 Å². The van der Waals surface area contributed by atoms with Crippen LogP contribution < -0.4 is 5.32 Å². The van der Waals surface area contributed by atoms with E-state index in [0.29, 0.717) is 6.42 Å². The largest absolute Gasteiger partial charge is 0.411 e. The van der Waals surface area contributed by atoms with Gasteiger partial charge in [-0.1, -0.05) is 19.1 Å². The van der Waals surface area contributed by atoms with Crippen molar-refractivity contribution >= 4 is 11.8 Å². The quantitative estimate of drug-likeness (QED) is 0.553. The van der Waals surface area contributed by atoms with Crippen LogP contribution in [0.4, 0.5) is 13.2 Å². The number of nitrogens with one attached hydrogen (secondary N) is 1. The van der Waals surface area contributed by atoms with Crippen molar-refractivity contribution in [1.29, 1.82) is 0 Å². The fraction of sp³-hybridized carbons (Fsp3) is 0.571. The van der Waals surface area contributed by atoms with E-state index in [4.69, 9.17) is 0 Å². The number of ether oxygens (including phenoxy) is 1. The van der Waals surface area contributed by atoms with E-state index < -0.39 is 12.8 Å². The average molecular weight is 307 g/mol. The van der Waals surface area contributed by atoms with Gasteiger partial charge in [0.1, 0.15) is 6.61 Å². The molecule has 0 bridgehead atoms. The fourth-order valence-corrected chi connectivity index (χ4v) is 2.34. The molecule has 0 unspecified atom stereocenters. The summed E-state index contributed by atoms with van der Waals surface area (Å²) in [6.45, 7) is 2.84. The van der Waals surface area contributed by atoms with Gasteiger partial charge in [-0.3, -0.25) is 0 Å².